The van der Waals surface area contributed by atoms with Crippen LogP contribution in [0.5, 0.6) is 0 Å². The van der Waals surface area contributed by atoms with E-state index in [0.29, 0.717) is 0 Å². The van der Waals surface area contributed by atoms with Gasteiger partial charge in [0.05, 0.1) is 0 Å². The van der Waals surface area contributed by atoms with Gasteiger partial charge >= 0.3 is 0 Å². The van der Waals surface area contributed by atoms with Crippen LogP contribution in [-0.2, 0) is 9.59 Å². The lowest BCUT2D eigenvalue weighted by atomic mass is 9.92. The molecule has 0 aliphatic carbocycles. The zero-order valence-electron chi connectivity index (χ0n) is 7.44. The van der Waals surface area contributed by atoms with Crippen molar-refractivity contribution in [3.63, 3.8) is 0 Å². The number of hydroxylamine groups is 1. The van der Waals surface area contributed by atoms with Crippen molar-refractivity contribution >= 4 is 11.7 Å². The van der Waals surface area contributed by atoms with Crippen molar-refractivity contribution in [3.8, 4) is 0 Å². The molecule has 0 rings (SSSR count). The fourth-order valence-electron chi connectivity index (χ4n) is 0.827. The van der Waals surface area contributed by atoms with Crippen molar-refractivity contribution in [1.29, 1.82) is 0 Å². The minimum Gasteiger partial charge on any atom is -0.380 e. The molecule has 0 bridgehead atoms. The third kappa shape index (κ3) is 2.48. The second kappa shape index (κ2) is 4.31. The van der Waals surface area contributed by atoms with Gasteiger partial charge in [-0.15, -0.1) is 0 Å². The van der Waals surface area contributed by atoms with Crippen molar-refractivity contribution in [2.75, 3.05) is 0 Å². The minimum absolute atomic E-state index is 0.0111. The summed E-state index contributed by atoms with van der Waals surface area (Å²) in [6.07, 6.45) is -1.98. The standard InChI is InChI=1S/C7H13NO5/c1-3-4(9)7(2,12)5(10)6(11)8-13/h5,10,12-13H,3H2,1-2H3,(H,8,11)/t5-,7-/m1/s1. The molecule has 0 aromatic carbocycles. The molecule has 0 unspecified atom stereocenters. The maximum atomic E-state index is 11.0. The number of aliphatic hydroxyl groups is 2. The molecule has 0 aliphatic heterocycles. The van der Waals surface area contributed by atoms with Gasteiger partial charge in [0.25, 0.3) is 5.91 Å². The van der Waals surface area contributed by atoms with E-state index in [2.05, 4.69) is 0 Å². The Morgan fingerprint density at radius 3 is 2.31 bits per heavy atom. The van der Waals surface area contributed by atoms with Gasteiger partial charge in [0.1, 0.15) is 0 Å². The zero-order valence-corrected chi connectivity index (χ0v) is 7.44. The van der Waals surface area contributed by atoms with Crippen LogP contribution in [0, 0.1) is 0 Å². The predicted octanol–water partition coefficient (Wildman–Crippen LogP) is -1.42. The first-order valence-corrected chi connectivity index (χ1v) is 3.75. The number of carbonyl (C=O) groups excluding carboxylic acids is 2. The Morgan fingerprint density at radius 2 is 2.00 bits per heavy atom. The fraction of sp³-hybridized carbons (Fsp3) is 0.714. The molecule has 0 aromatic rings. The number of nitrogens with one attached hydrogen (secondary N) is 1. The molecule has 0 saturated carbocycles. The molecular weight excluding hydrogens is 178 g/mol. The second-order valence-electron chi connectivity index (χ2n) is 2.80. The average Bonchev–Trinajstić information content (AvgIpc) is 2.13. The molecule has 0 heterocycles. The van der Waals surface area contributed by atoms with Crippen molar-refractivity contribution in [3.05, 3.63) is 0 Å². The highest BCUT2D eigenvalue weighted by atomic mass is 16.5. The van der Waals surface area contributed by atoms with E-state index in [1.54, 1.807) is 0 Å². The SMILES string of the molecule is CCC(=O)[C@@](C)(O)[C@H](O)C(=O)NO. The Hall–Kier alpha value is -0.980. The van der Waals surface area contributed by atoms with Crippen LogP contribution in [0.4, 0.5) is 0 Å². The highest BCUT2D eigenvalue weighted by Gasteiger charge is 2.41. The van der Waals surface area contributed by atoms with Crippen LogP contribution in [0.1, 0.15) is 20.3 Å². The summed E-state index contributed by atoms with van der Waals surface area (Å²) >= 11 is 0. The molecule has 0 saturated heterocycles. The van der Waals surface area contributed by atoms with E-state index < -0.39 is 23.4 Å². The van der Waals surface area contributed by atoms with Gasteiger partial charge in [-0.05, 0) is 6.92 Å². The highest BCUT2D eigenvalue weighted by molar-refractivity contribution is 5.94. The number of hydrogen-bond donors (Lipinski definition) is 4. The number of rotatable bonds is 4. The Kier molecular flexibility index (Phi) is 3.99. The third-order valence-corrected chi connectivity index (χ3v) is 1.78. The largest absolute Gasteiger partial charge is 0.380 e. The summed E-state index contributed by atoms with van der Waals surface area (Å²) in [5, 5.41) is 26.6. The summed E-state index contributed by atoms with van der Waals surface area (Å²) in [4.78, 5) is 21.7. The highest BCUT2D eigenvalue weighted by Crippen LogP contribution is 2.13. The quantitative estimate of drug-likeness (QED) is 0.322. The van der Waals surface area contributed by atoms with Crippen molar-refractivity contribution in [2.45, 2.75) is 32.0 Å². The molecular formula is C7H13NO5. The number of amides is 1. The van der Waals surface area contributed by atoms with Crippen molar-refractivity contribution in [2.24, 2.45) is 0 Å². The van der Waals surface area contributed by atoms with Gasteiger partial charge in [0.15, 0.2) is 17.5 Å². The fourth-order valence-corrected chi connectivity index (χ4v) is 0.827. The molecule has 4 N–H and O–H groups in total. The predicted molar refractivity (Wildman–Crippen MR) is 41.9 cm³/mol. The first kappa shape index (κ1) is 12.0. The average molecular weight is 191 g/mol. The van der Waals surface area contributed by atoms with E-state index in [1.165, 1.54) is 6.92 Å². The topological polar surface area (TPSA) is 107 Å². The zero-order chi connectivity index (χ0) is 10.6. The number of ketones is 1. The van der Waals surface area contributed by atoms with E-state index in [4.69, 9.17) is 10.3 Å². The van der Waals surface area contributed by atoms with Gasteiger partial charge in [-0.3, -0.25) is 14.8 Å². The van der Waals surface area contributed by atoms with Gasteiger partial charge in [-0.25, -0.2) is 5.48 Å². The Balaban J connectivity index is 4.62. The van der Waals surface area contributed by atoms with E-state index in [9.17, 15) is 14.7 Å². The maximum absolute atomic E-state index is 11.0. The molecule has 76 valence electrons. The second-order valence-corrected chi connectivity index (χ2v) is 2.80. The lowest BCUT2D eigenvalue weighted by molar-refractivity contribution is -0.162. The molecule has 0 spiro atoms. The molecule has 13 heavy (non-hydrogen) atoms. The number of hydrogen-bond acceptors (Lipinski definition) is 5. The number of Topliss-reactive ketones (excluding diaryl/α,β-unsaturated/α-hetero) is 1. The molecule has 2 atom stereocenters. The van der Waals surface area contributed by atoms with Crippen molar-refractivity contribution < 1.29 is 25.0 Å². The normalized spacial score (nSPS) is 17.3. The van der Waals surface area contributed by atoms with Crippen LogP contribution in [0.15, 0.2) is 0 Å². The summed E-state index contributed by atoms with van der Waals surface area (Å²) in [7, 11) is 0. The van der Waals surface area contributed by atoms with Gasteiger partial charge in [-0.2, -0.15) is 0 Å². The summed E-state index contributed by atoms with van der Waals surface area (Å²) in [6, 6.07) is 0. The Labute approximate surface area is 75.1 Å². The van der Waals surface area contributed by atoms with Crippen LogP contribution >= 0.6 is 0 Å². The van der Waals surface area contributed by atoms with Crippen LogP contribution in [0.3, 0.4) is 0 Å². The van der Waals surface area contributed by atoms with Gasteiger partial charge < -0.3 is 10.2 Å². The number of carbonyl (C=O) groups is 2. The van der Waals surface area contributed by atoms with Crippen LogP contribution < -0.4 is 5.48 Å². The van der Waals surface area contributed by atoms with Crippen LogP contribution in [0.2, 0.25) is 0 Å². The first-order valence-electron chi connectivity index (χ1n) is 3.75. The molecule has 6 nitrogen and oxygen atoms in total. The van der Waals surface area contributed by atoms with Crippen LogP contribution in [-0.4, -0.2) is 38.8 Å². The van der Waals surface area contributed by atoms with Gasteiger partial charge in [0.2, 0.25) is 0 Å². The van der Waals surface area contributed by atoms with E-state index in [1.807, 2.05) is 0 Å². The van der Waals surface area contributed by atoms with Gasteiger partial charge in [-0.1, -0.05) is 6.92 Å². The Morgan fingerprint density at radius 1 is 1.54 bits per heavy atom. The smallest absolute Gasteiger partial charge is 0.275 e. The van der Waals surface area contributed by atoms with Crippen LogP contribution in [0.25, 0.3) is 0 Å². The molecule has 6 heteroatoms. The molecule has 0 radical (unpaired) electrons. The summed E-state index contributed by atoms with van der Waals surface area (Å²) in [5.41, 5.74) is -1.02. The Bertz CT molecular complexity index is 213. The number of aliphatic hydroxyl groups excluding tert-OH is 1. The lowest BCUT2D eigenvalue weighted by Crippen LogP contribution is -2.53. The molecule has 1 amide bonds. The summed E-state index contributed by atoms with van der Waals surface area (Å²) < 4.78 is 0. The molecule has 0 fully saturated rings. The monoisotopic (exact) mass is 191 g/mol. The van der Waals surface area contributed by atoms with E-state index in [-0.39, 0.29) is 6.42 Å². The lowest BCUT2D eigenvalue weighted by Gasteiger charge is -2.25. The van der Waals surface area contributed by atoms with Gasteiger partial charge in [0, 0.05) is 6.42 Å². The first-order chi connectivity index (χ1) is 5.87. The molecule has 0 aliphatic rings. The maximum Gasteiger partial charge on any atom is 0.275 e. The van der Waals surface area contributed by atoms with E-state index >= 15 is 0 Å². The van der Waals surface area contributed by atoms with Crippen molar-refractivity contribution in [1.82, 2.24) is 5.48 Å². The minimum atomic E-state index is -2.17. The van der Waals surface area contributed by atoms with E-state index in [0.717, 1.165) is 12.4 Å². The molecule has 0 aromatic heterocycles. The summed E-state index contributed by atoms with van der Waals surface area (Å²) in [5.74, 6) is -1.89. The summed E-state index contributed by atoms with van der Waals surface area (Å²) in [6.45, 7) is 2.50. The third-order valence-electron chi connectivity index (χ3n) is 1.78.